The molecule has 0 aliphatic carbocycles. The predicted molar refractivity (Wildman–Crippen MR) is 232 cm³/mol. The predicted octanol–water partition coefficient (Wildman–Crippen LogP) is 15.2. The first-order valence-corrected chi connectivity index (χ1v) is 19.7. The highest BCUT2D eigenvalue weighted by Gasteiger charge is 2.33. The fraction of sp³-hybridized carbons (Fsp3) is 0.115. The summed E-state index contributed by atoms with van der Waals surface area (Å²) in [7, 11) is 0. The molecule has 9 rings (SSSR count). The van der Waals surface area contributed by atoms with Crippen molar-refractivity contribution in [1.29, 1.82) is 0 Å². The van der Waals surface area contributed by atoms with Gasteiger partial charge in [0.2, 0.25) is 0 Å². The number of halogens is 6. The summed E-state index contributed by atoms with van der Waals surface area (Å²) >= 11 is 0. The number of fused-ring (bicyclic) bond motifs is 3. The van der Waals surface area contributed by atoms with Crippen LogP contribution in [0.5, 0.6) is 0 Å². The van der Waals surface area contributed by atoms with Gasteiger partial charge in [0.05, 0.1) is 39.2 Å². The lowest BCUT2D eigenvalue weighted by molar-refractivity contribution is -0.138. The SMILES string of the molecule is CC(C)(C)c1ccc2c(c1)c1ccccc1n2-c1c(-c2cccc(C(F)(F)F)c2)cc(-c2cc(-c3ccccc3)nc(-c3ccccc3)n2)cc1-c1cccc(C(F)(F)F)c1. The molecule has 9 aromatic rings. The molecule has 0 saturated heterocycles. The smallest absolute Gasteiger partial charge is 0.308 e. The van der Waals surface area contributed by atoms with Gasteiger partial charge in [-0.05, 0) is 82.8 Å². The van der Waals surface area contributed by atoms with Crippen molar-refractivity contribution in [1.82, 2.24) is 14.5 Å². The maximum absolute atomic E-state index is 14.5. The Morgan fingerprint density at radius 1 is 0.393 bits per heavy atom. The van der Waals surface area contributed by atoms with E-state index in [1.165, 1.54) is 12.1 Å². The van der Waals surface area contributed by atoms with Crippen molar-refractivity contribution in [2.75, 3.05) is 0 Å². The molecule has 0 saturated carbocycles. The number of para-hydroxylation sites is 1. The van der Waals surface area contributed by atoms with Crippen molar-refractivity contribution in [3.05, 3.63) is 187 Å². The average Bonchev–Trinajstić information content (AvgIpc) is 3.59. The van der Waals surface area contributed by atoms with E-state index in [0.717, 1.165) is 62.8 Å². The van der Waals surface area contributed by atoms with E-state index in [-0.39, 0.29) is 16.5 Å². The first kappa shape index (κ1) is 39.5. The third kappa shape index (κ3) is 7.56. The normalized spacial score (nSPS) is 12.3. The van der Waals surface area contributed by atoms with E-state index in [9.17, 15) is 26.3 Å². The molecule has 0 bridgehead atoms. The maximum atomic E-state index is 14.5. The first-order chi connectivity index (χ1) is 29.1. The van der Waals surface area contributed by atoms with Crippen LogP contribution in [0.3, 0.4) is 0 Å². The van der Waals surface area contributed by atoms with Crippen LogP contribution in [-0.2, 0) is 17.8 Å². The maximum Gasteiger partial charge on any atom is 0.416 e. The summed E-state index contributed by atoms with van der Waals surface area (Å²) < 4.78 is 89.2. The van der Waals surface area contributed by atoms with E-state index in [0.29, 0.717) is 39.6 Å². The van der Waals surface area contributed by atoms with Crippen LogP contribution in [0, 0.1) is 0 Å². The lowest BCUT2D eigenvalue weighted by atomic mass is 9.86. The molecular weight excluding hydrogens is 781 g/mol. The molecule has 0 atom stereocenters. The molecule has 302 valence electrons. The molecular formula is C52H37F6N3. The van der Waals surface area contributed by atoms with Gasteiger partial charge in [-0.15, -0.1) is 0 Å². The van der Waals surface area contributed by atoms with Crippen LogP contribution in [-0.4, -0.2) is 14.5 Å². The summed E-state index contributed by atoms with van der Waals surface area (Å²) in [6, 6.07) is 48.2. The van der Waals surface area contributed by atoms with Gasteiger partial charge in [0.1, 0.15) is 0 Å². The van der Waals surface area contributed by atoms with Crippen LogP contribution < -0.4 is 0 Å². The summed E-state index contributed by atoms with van der Waals surface area (Å²) in [5, 5.41) is 1.78. The van der Waals surface area contributed by atoms with E-state index in [1.807, 2.05) is 102 Å². The summed E-state index contributed by atoms with van der Waals surface area (Å²) in [4.78, 5) is 9.95. The summed E-state index contributed by atoms with van der Waals surface area (Å²) in [6.07, 6.45) is -9.34. The molecule has 0 spiro atoms. The summed E-state index contributed by atoms with van der Waals surface area (Å²) in [6.45, 7) is 6.34. The van der Waals surface area contributed by atoms with Crippen molar-refractivity contribution in [2.24, 2.45) is 0 Å². The second kappa shape index (κ2) is 14.9. The van der Waals surface area contributed by atoms with Gasteiger partial charge in [-0.2, -0.15) is 26.3 Å². The highest BCUT2D eigenvalue weighted by atomic mass is 19.4. The Hall–Kier alpha value is -7.00. The van der Waals surface area contributed by atoms with Crippen LogP contribution in [0.2, 0.25) is 0 Å². The molecule has 61 heavy (non-hydrogen) atoms. The molecule has 2 heterocycles. The minimum Gasteiger partial charge on any atom is -0.308 e. The van der Waals surface area contributed by atoms with Gasteiger partial charge in [-0.3, -0.25) is 0 Å². The number of hydrogen-bond donors (Lipinski definition) is 0. The summed E-state index contributed by atoms with van der Waals surface area (Å²) in [5.74, 6) is 0.402. The summed E-state index contributed by atoms with van der Waals surface area (Å²) in [5.41, 5.74) is 5.21. The van der Waals surface area contributed by atoms with Crippen molar-refractivity contribution < 1.29 is 26.3 Å². The Morgan fingerprint density at radius 2 is 0.885 bits per heavy atom. The van der Waals surface area contributed by atoms with Gasteiger partial charge in [-0.25, -0.2) is 9.97 Å². The monoisotopic (exact) mass is 817 g/mol. The highest BCUT2D eigenvalue weighted by Crippen LogP contribution is 2.46. The zero-order chi connectivity index (χ0) is 42.7. The van der Waals surface area contributed by atoms with Crippen LogP contribution >= 0.6 is 0 Å². The Labute approximate surface area is 348 Å². The molecule has 0 amide bonds. The standard InChI is InChI=1S/C52H37F6N3/c1-50(2,3)37-24-25-47-43(30-37)40-22-10-11-23-46(40)61(47)48-41(34-18-12-20-38(26-34)51(53,54)55)28-36(29-42(48)35-19-13-21-39(27-35)52(56,57)58)45-31-44(32-14-6-4-7-15-32)59-49(60-45)33-16-8-5-9-17-33/h4-31H,1-3H3. The van der Waals surface area contributed by atoms with Crippen molar-refractivity contribution in [3.8, 4) is 61.8 Å². The molecule has 0 aliphatic heterocycles. The number of benzene rings is 7. The van der Waals surface area contributed by atoms with Gasteiger partial charge < -0.3 is 4.57 Å². The number of nitrogens with zero attached hydrogens (tertiary/aromatic N) is 3. The Morgan fingerprint density at radius 3 is 1.44 bits per heavy atom. The molecule has 0 unspecified atom stereocenters. The van der Waals surface area contributed by atoms with E-state index < -0.39 is 23.5 Å². The van der Waals surface area contributed by atoms with Gasteiger partial charge in [0, 0.05) is 38.6 Å². The van der Waals surface area contributed by atoms with Crippen molar-refractivity contribution >= 4 is 21.8 Å². The molecule has 0 fully saturated rings. The van der Waals surface area contributed by atoms with E-state index >= 15 is 0 Å². The molecule has 9 heteroatoms. The quantitative estimate of drug-likeness (QED) is 0.157. The fourth-order valence-corrected chi connectivity index (χ4v) is 7.94. The van der Waals surface area contributed by atoms with E-state index in [2.05, 4.69) is 26.8 Å². The second-order valence-electron chi connectivity index (χ2n) is 16.1. The van der Waals surface area contributed by atoms with E-state index in [1.54, 1.807) is 30.3 Å². The Kier molecular flexibility index (Phi) is 9.65. The zero-order valence-corrected chi connectivity index (χ0v) is 33.3. The van der Waals surface area contributed by atoms with E-state index in [4.69, 9.17) is 9.97 Å². The Bertz CT molecular complexity index is 2950. The second-order valence-corrected chi connectivity index (χ2v) is 16.1. The van der Waals surface area contributed by atoms with Crippen LogP contribution in [0.4, 0.5) is 26.3 Å². The minimum absolute atomic E-state index is 0.208. The van der Waals surface area contributed by atoms with Crippen LogP contribution in [0.15, 0.2) is 170 Å². The molecule has 0 aliphatic rings. The molecule has 0 radical (unpaired) electrons. The first-order valence-electron chi connectivity index (χ1n) is 19.7. The minimum atomic E-state index is -4.67. The number of hydrogen-bond acceptors (Lipinski definition) is 2. The van der Waals surface area contributed by atoms with Crippen molar-refractivity contribution in [2.45, 2.75) is 38.5 Å². The van der Waals surface area contributed by atoms with Gasteiger partial charge in [0.25, 0.3) is 0 Å². The third-order valence-electron chi connectivity index (χ3n) is 11.0. The number of aromatic nitrogens is 3. The van der Waals surface area contributed by atoms with Crippen LogP contribution in [0.1, 0.15) is 37.5 Å². The Balaban J connectivity index is 1.45. The number of alkyl halides is 6. The molecule has 0 N–H and O–H groups in total. The topological polar surface area (TPSA) is 30.7 Å². The van der Waals surface area contributed by atoms with Gasteiger partial charge in [-0.1, -0.05) is 130 Å². The fourth-order valence-electron chi connectivity index (χ4n) is 7.94. The molecule has 3 nitrogen and oxygen atoms in total. The van der Waals surface area contributed by atoms with Gasteiger partial charge >= 0.3 is 12.4 Å². The third-order valence-corrected chi connectivity index (χ3v) is 11.0. The molecule has 2 aromatic heterocycles. The average molecular weight is 818 g/mol. The lowest BCUT2D eigenvalue weighted by Crippen LogP contribution is -2.10. The molecule has 7 aromatic carbocycles. The lowest BCUT2D eigenvalue weighted by Gasteiger charge is -2.23. The number of rotatable bonds is 6. The van der Waals surface area contributed by atoms with Gasteiger partial charge in [0.15, 0.2) is 5.82 Å². The van der Waals surface area contributed by atoms with Crippen molar-refractivity contribution in [3.63, 3.8) is 0 Å². The zero-order valence-electron chi connectivity index (χ0n) is 33.3. The highest BCUT2D eigenvalue weighted by molar-refractivity contribution is 6.11. The van der Waals surface area contributed by atoms with Crippen LogP contribution in [0.25, 0.3) is 83.6 Å². The largest absolute Gasteiger partial charge is 0.416 e.